The van der Waals surface area contributed by atoms with Crippen LogP contribution in [0.1, 0.15) is 56.5 Å². The first-order valence-corrected chi connectivity index (χ1v) is 8.89. The maximum atomic E-state index is 12.7. The van der Waals surface area contributed by atoms with Crippen LogP contribution in [0.15, 0.2) is 23.1 Å². The van der Waals surface area contributed by atoms with Gasteiger partial charge < -0.3 is 4.90 Å². The standard InChI is InChI=1S/C18H24N2O3S/c1-12(8-9-16(22)19-11-21)20-10-14-13(17(20)23)6-5-7-15(14)24-18(2,3)4/h5-7,11-12H,8-10H2,1-4H3,(H,19,21,22). The van der Waals surface area contributed by atoms with E-state index in [1.54, 1.807) is 11.8 Å². The highest BCUT2D eigenvalue weighted by Crippen LogP contribution is 2.39. The number of thioether (sulfide) groups is 1. The van der Waals surface area contributed by atoms with E-state index in [4.69, 9.17) is 0 Å². The molecule has 3 amide bonds. The number of rotatable bonds is 6. The molecule has 0 saturated carbocycles. The van der Waals surface area contributed by atoms with Crippen LogP contribution in [0.4, 0.5) is 0 Å². The van der Waals surface area contributed by atoms with Crippen LogP contribution >= 0.6 is 11.8 Å². The van der Waals surface area contributed by atoms with Crippen LogP contribution in [0.25, 0.3) is 0 Å². The number of hydrogen-bond donors (Lipinski definition) is 1. The van der Waals surface area contributed by atoms with Gasteiger partial charge in [0.05, 0.1) is 0 Å². The van der Waals surface area contributed by atoms with Crippen LogP contribution in [0.3, 0.4) is 0 Å². The zero-order valence-corrected chi connectivity index (χ0v) is 15.4. The van der Waals surface area contributed by atoms with E-state index in [0.29, 0.717) is 19.4 Å². The summed E-state index contributed by atoms with van der Waals surface area (Å²) in [6.45, 7) is 8.97. The monoisotopic (exact) mass is 348 g/mol. The second-order valence-electron chi connectivity index (χ2n) is 7.00. The van der Waals surface area contributed by atoms with Gasteiger partial charge in [0, 0.05) is 34.2 Å². The molecule has 6 heteroatoms. The number of nitrogens with zero attached hydrogens (tertiary/aromatic N) is 1. The predicted octanol–water partition coefficient (Wildman–Crippen LogP) is 2.97. The molecule has 0 radical (unpaired) electrons. The topological polar surface area (TPSA) is 66.5 Å². The van der Waals surface area contributed by atoms with Crippen molar-refractivity contribution in [1.82, 2.24) is 10.2 Å². The lowest BCUT2D eigenvalue weighted by molar-refractivity contribution is -0.125. The molecule has 1 unspecified atom stereocenters. The van der Waals surface area contributed by atoms with Crippen molar-refractivity contribution >= 4 is 30.0 Å². The minimum absolute atomic E-state index is 0.0182. The smallest absolute Gasteiger partial charge is 0.254 e. The summed E-state index contributed by atoms with van der Waals surface area (Å²) in [4.78, 5) is 37.3. The molecule has 0 aliphatic carbocycles. The van der Waals surface area contributed by atoms with E-state index in [1.807, 2.05) is 24.0 Å². The predicted molar refractivity (Wildman–Crippen MR) is 94.8 cm³/mol. The van der Waals surface area contributed by atoms with Gasteiger partial charge in [0.25, 0.3) is 5.91 Å². The maximum absolute atomic E-state index is 12.7. The van der Waals surface area contributed by atoms with Crippen LogP contribution in [0.5, 0.6) is 0 Å². The third kappa shape index (κ3) is 4.38. The molecular weight excluding hydrogens is 324 g/mol. The molecule has 0 saturated heterocycles. The number of nitrogens with one attached hydrogen (secondary N) is 1. The maximum Gasteiger partial charge on any atom is 0.254 e. The number of imide groups is 1. The lowest BCUT2D eigenvalue weighted by Gasteiger charge is -2.24. The van der Waals surface area contributed by atoms with Gasteiger partial charge in [0.15, 0.2) is 0 Å². The summed E-state index contributed by atoms with van der Waals surface area (Å²) in [5.41, 5.74) is 1.83. The Hall–Kier alpha value is -1.82. The number of carbonyl (C=O) groups is 3. The first-order chi connectivity index (χ1) is 11.2. The van der Waals surface area contributed by atoms with Crippen molar-refractivity contribution in [2.75, 3.05) is 0 Å². The van der Waals surface area contributed by atoms with Crippen LogP contribution in [-0.2, 0) is 16.1 Å². The van der Waals surface area contributed by atoms with Gasteiger partial charge in [-0.15, -0.1) is 11.8 Å². The minimum atomic E-state index is -0.315. The van der Waals surface area contributed by atoms with Crippen molar-refractivity contribution in [2.24, 2.45) is 0 Å². The second kappa shape index (κ2) is 7.38. The van der Waals surface area contributed by atoms with E-state index in [1.165, 1.54) is 0 Å². The molecule has 1 aromatic carbocycles. The van der Waals surface area contributed by atoms with Crippen LogP contribution in [0, 0.1) is 0 Å². The van der Waals surface area contributed by atoms with Gasteiger partial charge in [-0.25, -0.2) is 0 Å². The van der Waals surface area contributed by atoms with Crippen molar-refractivity contribution in [2.45, 2.75) is 62.8 Å². The highest BCUT2D eigenvalue weighted by atomic mass is 32.2. The summed E-state index contributed by atoms with van der Waals surface area (Å²) < 4.78 is 0.0735. The summed E-state index contributed by atoms with van der Waals surface area (Å²) >= 11 is 1.76. The summed E-state index contributed by atoms with van der Waals surface area (Å²) in [5.74, 6) is -0.297. The van der Waals surface area contributed by atoms with E-state index in [2.05, 4.69) is 32.2 Å². The number of hydrogen-bond acceptors (Lipinski definition) is 4. The zero-order valence-electron chi connectivity index (χ0n) is 14.6. The van der Waals surface area contributed by atoms with Crippen LogP contribution in [-0.4, -0.2) is 33.9 Å². The highest BCUT2D eigenvalue weighted by Gasteiger charge is 2.33. The minimum Gasteiger partial charge on any atom is -0.332 e. The van der Waals surface area contributed by atoms with Gasteiger partial charge >= 0.3 is 0 Å². The number of carbonyl (C=O) groups excluding carboxylic acids is 3. The molecule has 0 aromatic heterocycles. The molecule has 2 rings (SSSR count). The second-order valence-corrected chi connectivity index (χ2v) is 8.87. The lowest BCUT2D eigenvalue weighted by Crippen LogP contribution is -2.34. The Bertz CT molecular complexity index is 652. The fourth-order valence-corrected chi connectivity index (χ4v) is 3.85. The molecule has 1 aliphatic rings. The molecule has 1 heterocycles. The summed E-state index contributed by atoms with van der Waals surface area (Å²) in [6, 6.07) is 5.80. The van der Waals surface area contributed by atoms with Crippen LogP contribution < -0.4 is 5.32 Å². The molecule has 0 fully saturated rings. The molecule has 0 bridgehead atoms. The quantitative estimate of drug-likeness (QED) is 0.634. The largest absolute Gasteiger partial charge is 0.332 e. The van der Waals surface area contributed by atoms with Gasteiger partial charge in [-0.3, -0.25) is 19.7 Å². The number of amides is 3. The molecule has 1 N–H and O–H groups in total. The Morgan fingerprint density at radius 2 is 2.12 bits per heavy atom. The van der Waals surface area contributed by atoms with Crippen molar-refractivity contribution < 1.29 is 14.4 Å². The Balaban J connectivity index is 2.11. The molecule has 24 heavy (non-hydrogen) atoms. The molecule has 1 atom stereocenters. The van der Waals surface area contributed by atoms with E-state index in [-0.39, 0.29) is 29.0 Å². The Morgan fingerprint density at radius 3 is 2.75 bits per heavy atom. The fraction of sp³-hybridized carbons (Fsp3) is 0.500. The van der Waals surface area contributed by atoms with Gasteiger partial charge in [0.2, 0.25) is 12.3 Å². The Labute approximate surface area is 147 Å². The van der Waals surface area contributed by atoms with Gasteiger partial charge in [-0.05, 0) is 31.0 Å². The summed E-state index contributed by atoms with van der Waals surface area (Å²) in [7, 11) is 0. The Kier molecular flexibility index (Phi) is 5.70. The molecule has 1 aliphatic heterocycles. The zero-order chi connectivity index (χ0) is 17.9. The molecule has 0 spiro atoms. The first kappa shape index (κ1) is 18.5. The van der Waals surface area contributed by atoms with E-state index in [0.717, 1.165) is 16.0 Å². The number of benzene rings is 1. The molecular formula is C18H24N2O3S. The summed E-state index contributed by atoms with van der Waals surface area (Å²) in [5, 5.41) is 2.13. The molecule has 1 aromatic rings. The van der Waals surface area contributed by atoms with Crippen molar-refractivity contribution in [3.63, 3.8) is 0 Å². The average molecular weight is 348 g/mol. The third-order valence-corrected chi connectivity index (χ3v) is 5.12. The SMILES string of the molecule is CC(CCC(=O)NC=O)N1Cc2c(SC(C)(C)C)cccc2C1=O. The van der Waals surface area contributed by atoms with Crippen molar-refractivity contribution in [3.8, 4) is 0 Å². The van der Waals surface area contributed by atoms with E-state index in [9.17, 15) is 14.4 Å². The summed E-state index contributed by atoms with van der Waals surface area (Å²) in [6.07, 6.45) is 1.14. The molecule has 5 nitrogen and oxygen atoms in total. The Morgan fingerprint density at radius 1 is 1.42 bits per heavy atom. The van der Waals surface area contributed by atoms with Crippen molar-refractivity contribution in [3.05, 3.63) is 29.3 Å². The fourth-order valence-electron chi connectivity index (χ4n) is 2.74. The lowest BCUT2D eigenvalue weighted by atomic mass is 10.1. The third-order valence-electron chi connectivity index (χ3n) is 3.91. The van der Waals surface area contributed by atoms with Crippen LogP contribution in [0.2, 0.25) is 0 Å². The van der Waals surface area contributed by atoms with Gasteiger partial charge in [-0.2, -0.15) is 0 Å². The van der Waals surface area contributed by atoms with Crippen molar-refractivity contribution in [1.29, 1.82) is 0 Å². The average Bonchev–Trinajstić information content (AvgIpc) is 2.82. The van der Waals surface area contributed by atoms with E-state index >= 15 is 0 Å². The normalized spacial score (nSPS) is 15.2. The molecule has 130 valence electrons. The van der Waals surface area contributed by atoms with Gasteiger partial charge in [-0.1, -0.05) is 26.8 Å². The highest BCUT2D eigenvalue weighted by molar-refractivity contribution is 8.00. The number of fused-ring (bicyclic) bond motifs is 1. The van der Waals surface area contributed by atoms with E-state index < -0.39 is 0 Å². The van der Waals surface area contributed by atoms with Gasteiger partial charge in [0.1, 0.15) is 0 Å². The first-order valence-electron chi connectivity index (χ1n) is 8.08.